The third-order valence-electron chi connectivity index (χ3n) is 2.43. The molecule has 0 aromatic heterocycles. The molecule has 0 spiro atoms. The molecule has 1 N–H and O–H groups in total. The van der Waals surface area contributed by atoms with Crippen LogP contribution in [0.25, 0.3) is 0 Å². The number of phenols is 1. The quantitative estimate of drug-likeness (QED) is 0.845. The summed E-state index contributed by atoms with van der Waals surface area (Å²) in [6.45, 7) is 10.1. The zero-order chi connectivity index (χ0) is 12.3. The van der Waals surface area contributed by atoms with Gasteiger partial charge in [-0.15, -0.1) is 0 Å². The van der Waals surface area contributed by atoms with E-state index in [1.807, 2.05) is 46.8 Å². The third kappa shape index (κ3) is 3.16. The van der Waals surface area contributed by atoms with Crippen LogP contribution in [0.5, 0.6) is 11.5 Å². The second kappa shape index (κ2) is 4.77. The third-order valence-corrected chi connectivity index (χ3v) is 2.43. The summed E-state index contributed by atoms with van der Waals surface area (Å²) in [5.74, 6) is 1.27. The van der Waals surface area contributed by atoms with Crippen LogP contribution in [-0.2, 0) is 12.8 Å². The lowest BCUT2D eigenvalue weighted by Gasteiger charge is -2.22. The molecule has 2 nitrogen and oxygen atoms in total. The Labute approximate surface area is 98.3 Å². The van der Waals surface area contributed by atoms with Gasteiger partial charge in [-0.2, -0.15) is 0 Å². The van der Waals surface area contributed by atoms with Gasteiger partial charge in [-0.1, -0.05) is 13.8 Å². The van der Waals surface area contributed by atoms with Gasteiger partial charge in [-0.3, -0.25) is 0 Å². The van der Waals surface area contributed by atoms with Crippen molar-refractivity contribution < 1.29 is 9.84 Å². The molecular weight excluding hydrogens is 200 g/mol. The molecule has 1 rings (SSSR count). The van der Waals surface area contributed by atoms with Gasteiger partial charge in [0.2, 0.25) is 0 Å². The summed E-state index contributed by atoms with van der Waals surface area (Å²) in [6.07, 6.45) is 1.64. The van der Waals surface area contributed by atoms with E-state index in [-0.39, 0.29) is 5.60 Å². The summed E-state index contributed by atoms with van der Waals surface area (Å²) in [7, 11) is 0. The molecule has 0 heterocycles. The van der Waals surface area contributed by atoms with Crippen LogP contribution in [-0.4, -0.2) is 10.7 Å². The maximum Gasteiger partial charge on any atom is 0.122 e. The number of aryl methyl sites for hydroxylation is 2. The van der Waals surface area contributed by atoms with Gasteiger partial charge in [0.1, 0.15) is 17.1 Å². The van der Waals surface area contributed by atoms with Crippen molar-refractivity contribution in [2.45, 2.75) is 53.1 Å². The second-order valence-corrected chi connectivity index (χ2v) is 5.01. The summed E-state index contributed by atoms with van der Waals surface area (Å²) in [5.41, 5.74) is 1.71. The first-order chi connectivity index (χ1) is 7.37. The van der Waals surface area contributed by atoms with Gasteiger partial charge >= 0.3 is 0 Å². The Morgan fingerprint density at radius 1 is 1.06 bits per heavy atom. The van der Waals surface area contributed by atoms with Crippen LogP contribution < -0.4 is 4.74 Å². The Morgan fingerprint density at radius 3 is 1.81 bits per heavy atom. The van der Waals surface area contributed by atoms with Crippen molar-refractivity contribution in [1.82, 2.24) is 0 Å². The number of hydrogen-bond acceptors (Lipinski definition) is 2. The van der Waals surface area contributed by atoms with E-state index in [0.29, 0.717) is 5.75 Å². The smallest absolute Gasteiger partial charge is 0.122 e. The lowest BCUT2D eigenvalue weighted by molar-refractivity contribution is 0.130. The minimum atomic E-state index is -0.201. The van der Waals surface area contributed by atoms with E-state index in [0.717, 1.165) is 29.7 Å². The topological polar surface area (TPSA) is 29.5 Å². The molecule has 0 aliphatic carbocycles. The summed E-state index contributed by atoms with van der Waals surface area (Å²) in [5, 5.41) is 9.96. The van der Waals surface area contributed by atoms with E-state index in [4.69, 9.17) is 4.74 Å². The predicted octanol–water partition coefficient (Wildman–Crippen LogP) is 3.69. The maximum absolute atomic E-state index is 9.96. The number of aromatic hydroxyl groups is 1. The predicted molar refractivity (Wildman–Crippen MR) is 67.2 cm³/mol. The Hall–Kier alpha value is -1.18. The lowest BCUT2D eigenvalue weighted by Crippen LogP contribution is -2.23. The van der Waals surface area contributed by atoms with Crippen LogP contribution in [0.4, 0.5) is 0 Å². The van der Waals surface area contributed by atoms with Gasteiger partial charge < -0.3 is 9.84 Å². The average Bonchev–Trinajstić information content (AvgIpc) is 2.18. The SMILES string of the molecule is CCc1cc(OC(C)(C)C)cc(CC)c1O. The number of ether oxygens (including phenoxy) is 1. The minimum Gasteiger partial charge on any atom is -0.507 e. The van der Waals surface area contributed by atoms with Crippen LogP contribution in [0.15, 0.2) is 12.1 Å². The molecule has 0 aliphatic rings. The molecule has 0 radical (unpaired) electrons. The highest BCUT2D eigenvalue weighted by atomic mass is 16.5. The van der Waals surface area contributed by atoms with E-state index in [1.165, 1.54) is 0 Å². The molecule has 16 heavy (non-hydrogen) atoms. The van der Waals surface area contributed by atoms with Gasteiger partial charge in [-0.25, -0.2) is 0 Å². The maximum atomic E-state index is 9.96. The van der Waals surface area contributed by atoms with Crippen molar-refractivity contribution in [3.8, 4) is 11.5 Å². The highest BCUT2D eigenvalue weighted by molar-refractivity contribution is 5.46. The molecule has 0 saturated carbocycles. The number of hydrogen-bond donors (Lipinski definition) is 1. The van der Waals surface area contributed by atoms with Crippen molar-refractivity contribution >= 4 is 0 Å². The van der Waals surface area contributed by atoms with E-state index < -0.39 is 0 Å². The van der Waals surface area contributed by atoms with Gasteiger partial charge in [0, 0.05) is 0 Å². The molecule has 0 unspecified atom stereocenters. The zero-order valence-electron chi connectivity index (χ0n) is 10.9. The summed E-state index contributed by atoms with van der Waals surface area (Å²) < 4.78 is 5.83. The van der Waals surface area contributed by atoms with E-state index in [2.05, 4.69) is 0 Å². The molecule has 0 amide bonds. The van der Waals surface area contributed by atoms with E-state index >= 15 is 0 Å². The Morgan fingerprint density at radius 2 is 1.50 bits per heavy atom. The minimum absolute atomic E-state index is 0.201. The standard InChI is InChI=1S/C14H22O2/c1-6-10-8-12(16-14(3,4)5)9-11(7-2)13(10)15/h8-9,15H,6-7H2,1-5H3. The van der Waals surface area contributed by atoms with Crippen LogP contribution in [0.1, 0.15) is 45.7 Å². The molecule has 1 aromatic rings. The number of phenolic OH excluding ortho intramolecular Hbond substituents is 1. The summed E-state index contributed by atoms with van der Waals surface area (Å²) in [6, 6.07) is 3.86. The Bertz CT molecular complexity index is 336. The van der Waals surface area contributed by atoms with Gasteiger partial charge in [0.15, 0.2) is 0 Å². The van der Waals surface area contributed by atoms with E-state index in [9.17, 15) is 5.11 Å². The highest BCUT2D eigenvalue weighted by Crippen LogP contribution is 2.30. The number of rotatable bonds is 3. The fourth-order valence-electron chi connectivity index (χ4n) is 1.68. The first kappa shape index (κ1) is 12.9. The second-order valence-electron chi connectivity index (χ2n) is 5.01. The van der Waals surface area contributed by atoms with Gasteiger partial charge in [0.25, 0.3) is 0 Å². The fraction of sp³-hybridized carbons (Fsp3) is 0.571. The van der Waals surface area contributed by atoms with Crippen molar-refractivity contribution in [1.29, 1.82) is 0 Å². The van der Waals surface area contributed by atoms with Crippen molar-refractivity contribution in [3.63, 3.8) is 0 Å². The fourth-order valence-corrected chi connectivity index (χ4v) is 1.68. The molecule has 90 valence electrons. The molecular formula is C14H22O2. The zero-order valence-corrected chi connectivity index (χ0v) is 10.9. The molecule has 0 saturated heterocycles. The first-order valence-corrected chi connectivity index (χ1v) is 5.91. The van der Waals surface area contributed by atoms with Crippen molar-refractivity contribution in [2.75, 3.05) is 0 Å². The van der Waals surface area contributed by atoms with Crippen LogP contribution in [0.3, 0.4) is 0 Å². The first-order valence-electron chi connectivity index (χ1n) is 5.91. The van der Waals surface area contributed by atoms with Crippen LogP contribution in [0.2, 0.25) is 0 Å². The lowest BCUT2D eigenvalue weighted by atomic mass is 10.0. The Kier molecular flexibility index (Phi) is 3.84. The molecule has 1 aromatic carbocycles. The number of benzene rings is 1. The van der Waals surface area contributed by atoms with Crippen LogP contribution in [0, 0.1) is 0 Å². The monoisotopic (exact) mass is 222 g/mol. The average molecular weight is 222 g/mol. The Balaban J connectivity index is 3.12. The molecule has 2 heteroatoms. The normalized spacial score (nSPS) is 11.6. The van der Waals surface area contributed by atoms with Gasteiger partial charge in [-0.05, 0) is 56.9 Å². The van der Waals surface area contributed by atoms with Gasteiger partial charge in [0.05, 0.1) is 0 Å². The highest BCUT2D eigenvalue weighted by Gasteiger charge is 2.14. The van der Waals surface area contributed by atoms with E-state index in [1.54, 1.807) is 0 Å². The molecule has 0 atom stereocenters. The summed E-state index contributed by atoms with van der Waals surface area (Å²) >= 11 is 0. The molecule has 0 fully saturated rings. The van der Waals surface area contributed by atoms with Crippen LogP contribution >= 0.6 is 0 Å². The largest absolute Gasteiger partial charge is 0.507 e. The summed E-state index contributed by atoms with van der Waals surface area (Å²) in [4.78, 5) is 0. The van der Waals surface area contributed by atoms with Crippen molar-refractivity contribution in [3.05, 3.63) is 23.3 Å². The van der Waals surface area contributed by atoms with Crippen molar-refractivity contribution in [2.24, 2.45) is 0 Å². The molecule has 0 bridgehead atoms. The molecule has 0 aliphatic heterocycles.